The minimum Gasteiger partial charge on any atom is -0.475 e. The zero-order valence-electron chi connectivity index (χ0n) is 10.6. The first-order chi connectivity index (χ1) is 8.70. The van der Waals surface area contributed by atoms with Crippen LogP contribution in [-0.2, 0) is 0 Å². The fraction of sp³-hybridized carbons (Fsp3) is 0.188. The van der Waals surface area contributed by atoms with Gasteiger partial charge in [0.1, 0.15) is 11.8 Å². The second-order valence-corrected chi connectivity index (χ2v) is 4.25. The zero-order chi connectivity index (χ0) is 13.0. The molecule has 0 aliphatic carbocycles. The van der Waals surface area contributed by atoms with E-state index in [1.807, 2.05) is 24.3 Å². The molecule has 2 aromatic rings. The van der Waals surface area contributed by atoms with Crippen molar-refractivity contribution < 1.29 is 4.74 Å². The minimum atomic E-state index is -0.448. The van der Waals surface area contributed by atoms with Crippen LogP contribution >= 0.6 is 0 Å². The second kappa shape index (κ2) is 5.37. The van der Waals surface area contributed by atoms with Crippen molar-refractivity contribution in [3.63, 3.8) is 0 Å². The fourth-order valence-electron chi connectivity index (χ4n) is 1.76. The van der Waals surface area contributed by atoms with Crippen molar-refractivity contribution in [2.75, 3.05) is 0 Å². The van der Waals surface area contributed by atoms with Crippen LogP contribution in [0.5, 0.6) is 5.75 Å². The van der Waals surface area contributed by atoms with Gasteiger partial charge in [-0.3, -0.25) is 0 Å². The van der Waals surface area contributed by atoms with Crippen molar-refractivity contribution in [3.8, 4) is 22.9 Å². The van der Waals surface area contributed by atoms with Crippen molar-refractivity contribution in [1.29, 1.82) is 5.26 Å². The molecule has 0 N–H and O–H groups in total. The van der Waals surface area contributed by atoms with Gasteiger partial charge in [-0.15, -0.1) is 0 Å². The molecule has 2 rings (SSSR count). The van der Waals surface area contributed by atoms with Crippen LogP contribution in [0.3, 0.4) is 0 Å². The molecule has 0 saturated heterocycles. The summed E-state index contributed by atoms with van der Waals surface area (Å²) >= 11 is 0. The Bertz CT molecular complexity index is 566. The van der Waals surface area contributed by atoms with Gasteiger partial charge in [0.05, 0.1) is 0 Å². The van der Waals surface area contributed by atoms with Crippen molar-refractivity contribution in [3.05, 3.63) is 54.1 Å². The predicted octanol–water partition coefficient (Wildman–Crippen LogP) is 3.95. The number of aryl methyl sites for hydroxylation is 1. The Hall–Kier alpha value is -2.27. The molecule has 0 aliphatic heterocycles. The van der Waals surface area contributed by atoms with Crippen molar-refractivity contribution in [1.82, 2.24) is 0 Å². The molecule has 18 heavy (non-hydrogen) atoms. The van der Waals surface area contributed by atoms with E-state index in [0.29, 0.717) is 0 Å². The molecule has 1 atom stereocenters. The number of para-hydroxylation sites is 1. The van der Waals surface area contributed by atoms with Gasteiger partial charge in [0.15, 0.2) is 6.10 Å². The number of hydrogen-bond donors (Lipinski definition) is 0. The normalized spacial score (nSPS) is 11.6. The van der Waals surface area contributed by atoms with Gasteiger partial charge in [-0.1, -0.05) is 48.0 Å². The summed E-state index contributed by atoms with van der Waals surface area (Å²) in [4.78, 5) is 0. The SMILES string of the molecule is Cc1ccc(-c2ccccc2O[C@H](C)C#N)cc1. The van der Waals surface area contributed by atoms with Gasteiger partial charge in [0.25, 0.3) is 0 Å². The molecule has 2 aromatic carbocycles. The van der Waals surface area contributed by atoms with Gasteiger partial charge >= 0.3 is 0 Å². The Morgan fingerprint density at radius 1 is 1.06 bits per heavy atom. The maximum absolute atomic E-state index is 8.82. The van der Waals surface area contributed by atoms with Gasteiger partial charge in [-0.2, -0.15) is 5.26 Å². The molecule has 2 nitrogen and oxygen atoms in total. The van der Waals surface area contributed by atoms with Crippen LogP contribution in [0.4, 0.5) is 0 Å². The highest BCUT2D eigenvalue weighted by Gasteiger charge is 2.08. The average molecular weight is 237 g/mol. The monoisotopic (exact) mass is 237 g/mol. The largest absolute Gasteiger partial charge is 0.475 e. The number of hydrogen-bond acceptors (Lipinski definition) is 2. The number of nitriles is 1. The average Bonchev–Trinajstić information content (AvgIpc) is 2.40. The summed E-state index contributed by atoms with van der Waals surface area (Å²) < 4.78 is 5.62. The molecule has 0 saturated carbocycles. The van der Waals surface area contributed by atoms with Crippen LogP contribution in [0.15, 0.2) is 48.5 Å². The van der Waals surface area contributed by atoms with E-state index in [4.69, 9.17) is 10.00 Å². The van der Waals surface area contributed by atoms with Crippen LogP contribution in [0.2, 0.25) is 0 Å². The molecular weight excluding hydrogens is 222 g/mol. The maximum atomic E-state index is 8.82. The molecule has 0 heterocycles. The van der Waals surface area contributed by atoms with E-state index in [1.54, 1.807) is 6.92 Å². The van der Waals surface area contributed by atoms with Crippen LogP contribution in [0.1, 0.15) is 12.5 Å². The lowest BCUT2D eigenvalue weighted by Gasteiger charge is -2.12. The standard InChI is InChI=1S/C16H15NO/c1-12-7-9-14(10-8-12)15-5-3-4-6-16(15)18-13(2)11-17/h3-10,13H,1-2H3/t13-/m1/s1. The van der Waals surface area contributed by atoms with Crippen LogP contribution in [0.25, 0.3) is 11.1 Å². The Morgan fingerprint density at radius 2 is 1.72 bits per heavy atom. The van der Waals surface area contributed by atoms with E-state index >= 15 is 0 Å². The first-order valence-corrected chi connectivity index (χ1v) is 5.93. The van der Waals surface area contributed by atoms with Crippen molar-refractivity contribution in [2.45, 2.75) is 20.0 Å². The van der Waals surface area contributed by atoms with Gasteiger partial charge in [-0.25, -0.2) is 0 Å². The van der Waals surface area contributed by atoms with E-state index in [2.05, 4.69) is 37.3 Å². The molecular formula is C16H15NO. The van der Waals surface area contributed by atoms with E-state index in [9.17, 15) is 0 Å². The Morgan fingerprint density at radius 3 is 2.39 bits per heavy atom. The van der Waals surface area contributed by atoms with E-state index in [1.165, 1.54) is 5.56 Å². The summed E-state index contributed by atoms with van der Waals surface area (Å²) in [7, 11) is 0. The van der Waals surface area contributed by atoms with Gasteiger partial charge in [0, 0.05) is 5.56 Å². The van der Waals surface area contributed by atoms with E-state index in [0.717, 1.165) is 16.9 Å². The third-order valence-electron chi connectivity index (χ3n) is 2.74. The van der Waals surface area contributed by atoms with Gasteiger partial charge in [0.2, 0.25) is 0 Å². The third kappa shape index (κ3) is 2.70. The highest BCUT2D eigenvalue weighted by atomic mass is 16.5. The zero-order valence-corrected chi connectivity index (χ0v) is 10.6. The summed E-state index contributed by atoms with van der Waals surface area (Å²) in [5.41, 5.74) is 3.34. The lowest BCUT2D eigenvalue weighted by molar-refractivity contribution is 0.277. The summed E-state index contributed by atoms with van der Waals surface area (Å²) in [5.74, 6) is 0.746. The van der Waals surface area contributed by atoms with Gasteiger partial charge < -0.3 is 4.74 Å². The second-order valence-electron chi connectivity index (χ2n) is 4.25. The van der Waals surface area contributed by atoms with E-state index < -0.39 is 6.10 Å². The number of nitrogens with zero attached hydrogens (tertiary/aromatic N) is 1. The number of benzene rings is 2. The first-order valence-electron chi connectivity index (χ1n) is 5.93. The molecule has 2 heteroatoms. The molecule has 0 bridgehead atoms. The summed E-state index contributed by atoms with van der Waals surface area (Å²) in [6, 6.07) is 18.1. The summed E-state index contributed by atoms with van der Waals surface area (Å²) in [6.45, 7) is 3.80. The Kier molecular flexibility index (Phi) is 3.64. The maximum Gasteiger partial charge on any atom is 0.181 e. The Labute approximate surface area is 107 Å². The lowest BCUT2D eigenvalue weighted by Crippen LogP contribution is -2.08. The Balaban J connectivity index is 2.39. The van der Waals surface area contributed by atoms with Crippen LogP contribution in [0, 0.1) is 18.3 Å². The van der Waals surface area contributed by atoms with Crippen LogP contribution < -0.4 is 4.74 Å². The van der Waals surface area contributed by atoms with E-state index in [-0.39, 0.29) is 0 Å². The van der Waals surface area contributed by atoms with Gasteiger partial charge in [-0.05, 0) is 25.5 Å². The number of ether oxygens (including phenoxy) is 1. The molecule has 0 spiro atoms. The predicted molar refractivity (Wildman–Crippen MR) is 72.3 cm³/mol. The lowest BCUT2D eigenvalue weighted by atomic mass is 10.0. The smallest absolute Gasteiger partial charge is 0.181 e. The highest BCUT2D eigenvalue weighted by molar-refractivity contribution is 5.70. The molecule has 0 aromatic heterocycles. The third-order valence-corrected chi connectivity index (χ3v) is 2.74. The molecule has 0 unspecified atom stereocenters. The molecule has 0 radical (unpaired) electrons. The molecule has 90 valence electrons. The van der Waals surface area contributed by atoms with Crippen molar-refractivity contribution >= 4 is 0 Å². The minimum absolute atomic E-state index is 0.448. The fourth-order valence-corrected chi connectivity index (χ4v) is 1.76. The highest BCUT2D eigenvalue weighted by Crippen LogP contribution is 2.30. The molecule has 0 fully saturated rings. The first kappa shape index (κ1) is 12.2. The quantitative estimate of drug-likeness (QED) is 0.809. The number of rotatable bonds is 3. The van der Waals surface area contributed by atoms with Crippen molar-refractivity contribution in [2.24, 2.45) is 0 Å². The molecule has 0 amide bonds. The van der Waals surface area contributed by atoms with Crippen LogP contribution in [-0.4, -0.2) is 6.10 Å². The summed E-state index contributed by atoms with van der Waals surface area (Å²) in [6.07, 6.45) is -0.448. The topological polar surface area (TPSA) is 33.0 Å². The molecule has 0 aliphatic rings. The summed E-state index contributed by atoms with van der Waals surface area (Å²) in [5, 5.41) is 8.82.